The molecule has 0 bridgehead atoms. The maximum absolute atomic E-state index is 12.7. The van der Waals surface area contributed by atoms with Crippen LogP contribution in [0.1, 0.15) is 38.2 Å². The zero-order valence-electron chi connectivity index (χ0n) is 17.3. The van der Waals surface area contributed by atoms with Crippen LogP contribution in [0, 0.1) is 11.8 Å². The number of nitrogens with zero attached hydrogens (tertiary/aromatic N) is 5. The number of likely N-dealkylation sites (tertiary alicyclic amines) is 2. The summed E-state index contributed by atoms with van der Waals surface area (Å²) in [5.41, 5.74) is 1.04. The molecule has 2 aromatic rings. The lowest BCUT2D eigenvalue weighted by atomic mass is 9.94. The number of rotatable bonds is 5. The first-order valence-electron chi connectivity index (χ1n) is 10.9. The van der Waals surface area contributed by atoms with Crippen molar-refractivity contribution in [2.75, 3.05) is 32.7 Å². The average molecular weight is 397 g/mol. The van der Waals surface area contributed by atoms with Crippen molar-refractivity contribution in [2.45, 2.75) is 39.2 Å². The third-order valence-electron chi connectivity index (χ3n) is 6.22. The second-order valence-electron chi connectivity index (χ2n) is 8.59. The molecule has 0 spiro atoms. The van der Waals surface area contributed by atoms with Crippen molar-refractivity contribution in [3.63, 3.8) is 0 Å². The second kappa shape index (κ2) is 9.39. The number of hydrogen-bond donors (Lipinski definition) is 1. The molecule has 1 unspecified atom stereocenters. The van der Waals surface area contributed by atoms with Gasteiger partial charge in [0.05, 0.1) is 0 Å². The van der Waals surface area contributed by atoms with Gasteiger partial charge in [0.15, 0.2) is 0 Å². The quantitative estimate of drug-likeness (QED) is 0.844. The van der Waals surface area contributed by atoms with E-state index in [1.807, 2.05) is 27.8 Å². The largest absolute Gasteiger partial charge is 0.334 e. The van der Waals surface area contributed by atoms with Crippen molar-refractivity contribution in [3.05, 3.63) is 42.6 Å². The molecule has 2 saturated heterocycles. The lowest BCUT2D eigenvalue weighted by Gasteiger charge is -2.37. The van der Waals surface area contributed by atoms with Gasteiger partial charge in [-0.2, -0.15) is 0 Å². The van der Waals surface area contributed by atoms with Gasteiger partial charge in [0.1, 0.15) is 12.1 Å². The molecule has 156 valence electrons. The van der Waals surface area contributed by atoms with Crippen LogP contribution in [0.15, 0.2) is 37.1 Å². The van der Waals surface area contributed by atoms with E-state index in [0.29, 0.717) is 12.5 Å². The van der Waals surface area contributed by atoms with Crippen molar-refractivity contribution in [2.24, 2.45) is 11.8 Å². The Hall–Kier alpha value is -2.41. The predicted molar refractivity (Wildman–Crippen MR) is 113 cm³/mol. The fourth-order valence-electron chi connectivity index (χ4n) is 4.40. The van der Waals surface area contributed by atoms with Crippen LogP contribution in [0.5, 0.6) is 0 Å². The number of carbonyl (C=O) groups excluding carboxylic acids is 1. The number of nitrogens with one attached hydrogen (secondary N) is 1. The molecular weight excluding hydrogens is 364 g/mol. The first-order chi connectivity index (χ1) is 14.2. The number of imidazole rings is 1. The number of carbonyl (C=O) groups is 1. The van der Waals surface area contributed by atoms with Gasteiger partial charge >= 0.3 is 6.03 Å². The summed E-state index contributed by atoms with van der Waals surface area (Å²) >= 11 is 0. The Morgan fingerprint density at radius 2 is 2.07 bits per heavy atom. The minimum Gasteiger partial charge on any atom is -0.334 e. The molecule has 2 fully saturated rings. The Kier molecular flexibility index (Phi) is 6.44. The normalized spacial score (nSPS) is 21.3. The van der Waals surface area contributed by atoms with E-state index in [4.69, 9.17) is 0 Å². The Bertz CT molecular complexity index is 784. The predicted octanol–water partition coefficient (Wildman–Crippen LogP) is 2.92. The van der Waals surface area contributed by atoms with Gasteiger partial charge in [-0.25, -0.2) is 14.8 Å². The van der Waals surface area contributed by atoms with Gasteiger partial charge in [-0.3, -0.25) is 4.57 Å². The summed E-state index contributed by atoms with van der Waals surface area (Å²) in [4.78, 5) is 25.8. The van der Waals surface area contributed by atoms with Gasteiger partial charge in [0.2, 0.25) is 0 Å². The van der Waals surface area contributed by atoms with Crippen LogP contribution in [0.4, 0.5) is 4.79 Å². The van der Waals surface area contributed by atoms with Crippen molar-refractivity contribution in [1.82, 2.24) is 29.7 Å². The molecule has 2 aliphatic rings. The van der Waals surface area contributed by atoms with Crippen LogP contribution >= 0.6 is 0 Å². The molecule has 4 rings (SSSR count). The smallest absolute Gasteiger partial charge is 0.317 e. The summed E-state index contributed by atoms with van der Waals surface area (Å²) in [5.74, 6) is 2.27. The van der Waals surface area contributed by atoms with Crippen LogP contribution in [0.25, 0.3) is 5.82 Å². The van der Waals surface area contributed by atoms with Crippen LogP contribution in [-0.4, -0.2) is 63.1 Å². The molecule has 7 heteroatoms. The number of aromatic nitrogens is 3. The molecule has 0 saturated carbocycles. The zero-order chi connectivity index (χ0) is 20.1. The number of urea groups is 1. The molecule has 2 aliphatic heterocycles. The molecule has 1 atom stereocenters. The van der Waals surface area contributed by atoms with E-state index in [1.54, 1.807) is 18.7 Å². The first-order valence-corrected chi connectivity index (χ1v) is 10.9. The third kappa shape index (κ3) is 5.35. The van der Waals surface area contributed by atoms with Gasteiger partial charge < -0.3 is 15.1 Å². The van der Waals surface area contributed by atoms with E-state index in [1.165, 1.54) is 32.4 Å². The first kappa shape index (κ1) is 19.9. The highest BCUT2D eigenvalue weighted by molar-refractivity contribution is 5.74. The molecule has 29 heavy (non-hydrogen) atoms. The van der Waals surface area contributed by atoms with Crippen molar-refractivity contribution >= 4 is 6.03 Å². The van der Waals surface area contributed by atoms with Gasteiger partial charge in [-0.15, -0.1) is 0 Å². The Labute approximate surface area is 173 Å². The summed E-state index contributed by atoms with van der Waals surface area (Å²) in [7, 11) is 0. The van der Waals surface area contributed by atoms with Crippen LogP contribution in [0.3, 0.4) is 0 Å². The molecule has 4 heterocycles. The Morgan fingerprint density at radius 1 is 1.21 bits per heavy atom. The minimum atomic E-state index is 0.0444. The molecule has 0 radical (unpaired) electrons. The average Bonchev–Trinajstić information content (AvgIpc) is 3.29. The number of pyridine rings is 1. The summed E-state index contributed by atoms with van der Waals surface area (Å²) in [6.45, 7) is 8.15. The Morgan fingerprint density at radius 3 is 2.86 bits per heavy atom. The molecule has 2 amide bonds. The lowest BCUT2D eigenvalue weighted by Crippen LogP contribution is -2.48. The third-order valence-corrected chi connectivity index (χ3v) is 6.22. The van der Waals surface area contributed by atoms with E-state index < -0.39 is 0 Å². The summed E-state index contributed by atoms with van der Waals surface area (Å²) in [6, 6.07) is 3.97. The van der Waals surface area contributed by atoms with E-state index >= 15 is 0 Å². The maximum Gasteiger partial charge on any atom is 0.317 e. The fraction of sp³-hybridized carbons (Fsp3) is 0.591. The van der Waals surface area contributed by atoms with Crippen LogP contribution in [0.2, 0.25) is 0 Å². The SMILES string of the molecule is CC1CCN(CC2CCCN(C(=O)NCc3ccnc(-n4ccnc4)c3)C2)CC1. The van der Waals surface area contributed by atoms with Crippen LogP contribution < -0.4 is 5.32 Å². The second-order valence-corrected chi connectivity index (χ2v) is 8.59. The molecule has 1 N–H and O–H groups in total. The highest BCUT2D eigenvalue weighted by Gasteiger charge is 2.26. The zero-order valence-corrected chi connectivity index (χ0v) is 17.3. The van der Waals surface area contributed by atoms with E-state index in [2.05, 4.69) is 27.1 Å². The fourth-order valence-corrected chi connectivity index (χ4v) is 4.40. The Balaban J connectivity index is 1.27. The number of amides is 2. The van der Waals surface area contributed by atoms with E-state index in [-0.39, 0.29) is 6.03 Å². The highest BCUT2D eigenvalue weighted by atomic mass is 16.2. The van der Waals surface area contributed by atoms with Gasteiger partial charge in [0.25, 0.3) is 0 Å². The minimum absolute atomic E-state index is 0.0444. The van der Waals surface area contributed by atoms with Crippen molar-refractivity contribution in [1.29, 1.82) is 0 Å². The number of hydrogen-bond acceptors (Lipinski definition) is 4. The maximum atomic E-state index is 12.7. The summed E-state index contributed by atoms with van der Waals surface area (Å²) in [5, 5.41) is 3.09. The standard InChI is InChI=1S/C22H32N6O/c1-18-5-10-26(11-6-18)15-20-3-2-9-27(16-20)22(29)25-14-19-4-7-24-21(13-19)28-12-8-23-17-28/h4,7-8,12-13,17-18,20H,2-3,5-6,9-11,14-16H2,1H3,(H,25,29). The number of piperidine rings is 2. The molecule has 2 aromatic heterocycles. The summed E-state index contributed by atoms with van der Waals surface area (Å²) < 4.78 is 1.86. The highest BCUT2D eigenvalue weighted by Crippen LogP contribution is 2.22. The van der Waals surface area contributed by atoms with Gasteiger partial charge in [-0.05, 0) is 68.3 Å². The summed E-state index contributed by atoms with van der Waals surface area (Å²) in [6.07, 6.45) is 12.0. The monoisotopic (exact) mass is 396 g/mol. The van der Waals surface area contributed by atoms with Gasteiger partial charge in [0, 0.05) is 44.8 Å². The van der Waals surface area contributed by atoms with Crippen molar-refractivity contribution in [3.8, 4) is 5.82 Å². The molecule has 0 aromatic carbocycles. The molecule has 0 aliphatic carbocycles. The van der Waals surface area contributed by atoms with Crippen LogP contribution in [-0.2, 0) is 6.54 Å². The lowest BCUT2D eigenvalue weighted by molar-refractivity contribution is 0.120. The topological polar surface area (TPSA) is 66.3 Å². The van der Waals surface area contributed by atoms with E-state index in [0.717, 1.165) is 43.4 Å². The molecule has 7 nitrogen and oxygen atoms in total. The van der Waals surface area contributed by atoms with Crippen molar-refractivity contribution < 1.29 is 4.79 Å². The van der Waals surface area contributed by atoms with Gasteiger partial charge in [-0.1, -0.05) is 6.92 Å². The molecular formula is C22H32N6O. The van der Waals surface area contributed by atoms with E-state index in [9.17, 15) is 4.79 Å².